The van der Waals surface area contributed by atoms with Crippen molar-refractivity contribution in [2.45, 2.75) is 6.92 Å². The van der Waals surface area contributed by atoms with E-state index in [1.165, 1.54) is 11.3 Å². The standard InChI is InChI=1S/C15H10BrNO3S/c1-8-12(16)13(18)11(15(19)20-8)10-7-21-14(17-10)9-5-3-2-4-6-9/h2-7,18H,1H3. The van der Waals surface area contributed by atoms with E-state index in [-0.39, 0.29) is 11.3 Å². The zero-order valence-electron chi connectivity index (χ0n) is 11.0. The Hall–Kier alpha value is -1.92. The van der Waals surface area contributed by atoms with Crippen LogP contribution in [0.15, 0.2) is 49.4 Å². The second-order valence-electron chi connectivity index (χ2n) is 4.39. The van der Waals surface area contributed by atoms with E-state index < -0.39 is 5.63 Å². The third-order valence-corrected chi connectivity index (χ3v) is 4.81. The second-order valence-corrected chi connectivity index (χ2v) is 6.04. The summed E-state index contributed by atoms with van der Waals surface area (Å²) in [6.45, 7) is 1.60. The minimum atomic E-state index is -0.599. The minimum absolute atomic E-state index is 0.0749. The number of nitrogens with zero attached hydrogens (tertiary/aromatic N) is 1. The van der Waals surface area contributed by atoms with Crippen LogP contribution >= 0.6 is 27.3 Å². The van der Waals surface area contributed by atoms with Crippen LogP contribution in [0.5, 0.6) is 5.75 Å². The summed E-state index contributed by atoms with van der Waals surface area (Å²) in [5.74, 6) is 0.188. The van der Waals surface area contributed by atoms with Crippen molar-refractivity contribution in [3.8, 4) is 27.6 Å². The number of benzene rings is 1. The largest absolute Gasteiger partial charge is 0.506 e. The van der Waals surface area contributed by atoms with E-state index in [0.717, 1.165) is 10.6 Å². The Labute approximate surface area is 132 Å². The molecule has 1 aromatic carbocycles. The molecule has 0 aliphatic heterocycles. The molecule has 106 valence electrons. The predicted octanol–water partition coefficient (Wildman–Crippen LogP) is 4.21. The zero-order chi connectivity index (χ0) is 15.0. The molecule has 0 bridgehead atoms. The number of aromatic nitrogens is 1. The Bertz CT molecular complexity index is 855. The van der Waals surface area contributed by atoms with Gasteiger partial charge >= 0.3 is 5.63 Å². The predicted molar refractivity (Wildman–Crippen MR) is 85.6 cm³/mol. The quantitative estimate of drug-likeness (QED) is 0.740. The lowest BCUT2D eigenvalue weighted by Crippen LogP contribution is -2.05. The van der Waals surface area contributed by atoms with Gasteiger partial charge in [0.05, 0.1) is 10.2 Å². The van der Waals surface area contributed by atoms with Gasteiger partial charge < -0.3 is 9.52 Å². The van der Waals surface area contributed by atoms with Crippen molar-refractivity contribution in [3.05, 3.63) is 56.4 Å². The van der Waals surface area contributed by atoms with Gasteiger partial charge in [-0.25, -0.2) is 9.78 Å². The van der Waals surface area contributed by atoms with Crippen LogP contribution in [0.25, 0.3) is 21.8 Å². The summed E-state index contributed by atoms with van der Waals surface area (Å²) in [4.78, 5) is 16.4. The van der Waals surface area contributed by atoms with Crippen molar-refractivity contribution >= 4 is 27.3 Å². The molecule has 3 aromatic rings. The van der Waals surface area contributed by atoms with E-state index in [1.807, 2.05) is 30.3 Å². The lowest BCUT2D eigenvalue weighted by Gasteiger charge is -2.04. The summed E-state index contributed by atoms with van der Waals surface area (Å²) in [6, 6.07) is 9.65. The molecule has 2 heterocycles. The molecule has 4 nitrogen and oxygen atoms in total. The third kappa shape index (κ3) is 2.52. The minimum Gasteiger partial charge on any atom is -0.506 e. The average molecular weight is 364 g/mol. The van der Waals surface area contributed by atoms with Crippen LogP contribution in [-0.4, -0.2) is 10.1 Å². The number of hydrogen-bond acceptors (Lipinski definition) is 5. The first kappa shape index (κ1) is 14.0. The van der Waals surface area contributed by atoms with E-state index in [1.54, 1.807) is 12.3 Å². The maximum Gasteiger partial charge on any atom is 0.349 e. The van der Waals surface area contributed by atoms with E-state index >= 15 is 0 Å². The van der Waals surface area contributed by atoms with Crippen LogP contribution < -0.4 is 5.63 Å². The van der Waals surface area contributed by atoms with Gasteiger partial charge in [0.1, 0.15) is 22.1 Å². The van der Waals surface area contributed by atoms with Gasteiger partial charge in [0, 0.05) is 10.9 Å². The van der Waals surface area contributed by atoms with Crippen molar-refractivity contribution < 1.29 is 9.52 Å². The SMILES string of the molecule is Cc1oc(=O)c(-c2csc(-c3ccccc3)n2)c(O)c1Br. The monoisotopic (exact) mass is 363 g/mol. The van der Waals surface area contributed by atoms with Crippen molar-refractivity contribution in [3.63, 3.8) is 0 Å². The zero-order valence-corrected chi connectivity index (χ0v) is 13.4. The molecule has 0 aliphatic carbocycles. The molecular formula is C15H10BrNO3S. The van der Waals surface area contributed by atoms with Crippen LogP contribution in [-0.2, 0) is 0 Å². The Morgan fingerprint density at radius 2 is 2.00 bits per heavy atom. The summed E-state index contributed by atoms with van der Waals surface area (Å²) >= 11 is 4.61. The first-order chi connectivity index (χ1) is 10.1. The molecule has 0 aliphatic rings. The summed E-state index contributed by atoms with van der Waals surface area (Å²) < 4.78 is 5.46. The van der Waals surface area contributed by atoms with Crippen LogP contribution in [0.1, 0.15) is 5.76 Å². The molecule has 0 saturated carbocycles. The normalized spacial score (nSPS) is 10.8. The highest BCUT2D eigenvalue weighted by Crippen LogP contribution is 2.36. The molecule has 0 saturated heterocycles. The van der Waals surface area contributed by atoms with Crippen LogP contribution in [0.3, 0.4) is 0 Å². The number of halogens is 1. The van der Waals surface area contributed by atoms with Gasteiger partial charge in [-0.1, -0.05) is 30.3 Å². The van der Waals surface area contributed by atoms with E-state index in [2.05, 4.69) is 20.9 Å². The molecule has 0 unspecified atom stereocenters. The van der Waals surface area contributed by atoms with Gasteiger partial charge in [0.2, 0.25) is 0 Å². The molecule has 21 heavy (non-hydrogen) atoms. The maximum atomic E-state index is 12.0. The molecule has 1 N–H and O–H groups in total. The lowest BCUT2D eigenvalue weighted by atomic mass is 10.2. The molecule has 6 heteroatoms. The molecule has 0 fully saturated rings. The van der Waals surface area contributed by atoms with Crippen molar-refractivity contribution in [1.82, 2.24) is 4.98 Å². The van der Waals surface area contributed by atoms with Gasteiger partial charge in [-0.2, -0.15) is 0 Å². The maximum absolute atomic E-state index is 12.0. The fourth-order valence-electron chi connectivity index (χ4n) is 1.94. The van der Waals surface area contributed by atoms with Gasteiger partial charge in [0.25, 0.3) is 0 Å². The fourth-order valence-corrected chi connectivity index (χ4v) is 3.03. The Morgan fingerprint density at radius 3 is 2.71 bits per heavy atom. The lowest BCUT2D eigenvalue weighted by molar-refractivity contribution is 0.432. The van der Waals surface area contributed by atoms with Gasteiger partial charge in [-0.15, -0.1) is 11.3 Å². The van der Waals surface area contributed by atoms with E-state index in [4.69, 9.17) is 4.42 Å². The Balaban J connectivity index is 2.14. The van der Waals surface area contributed by atoms with Crippen molar-refractivity contribution in [2.75, 3.05) is 0 Å². The smallest absolute Gasteiger partial charge is 0.349 e. The first-order valence-electron chi connectivity index (χ1n) is 6.11. The molecule has 0 amide bonds. The molecular weight excluding hydrogens is 354 g/mol. The Morgan fingerprint density at radius 1 is 1.29 bits per heavy atom. The van der Waals surface area contributed by atoms with Crippen molar-refractivity contribution in [1.29, 1.82) is 0 Å². The Kier molecular flexibility index (Phi) is 3.65. The van der Waals surface area contributed by atoms with Gasteiger partial charge in [-0.3, -0.25) is 0 Å². The molecule has 3 rings (SSSR count). The van der Waals surface area contributed by atoms with Gasteiger partial charge in [0.15, 0.2) is 0 Å². The van der Waals surface area contributed by atoms with E-state index in [9.17, 15) is 9.90 Å². The van der Waals surface area contributed by atoms with Crippen LogP contribution in [0.4, 0.5) is 0 Å². The summed E-state index contributed by atoms with van der Waals surface area (Å²) in [5.41, 5.74) is 0.846. The average Bonchev–Trinajstić information content (AvgIpc) is 2.95. The number of aromatic hydroxyl groups is 1. The molecule has 0 radical (unpaired) electrons. The molecule has 0 spiro atoms. The number of hydrogen-bond donors (Lipinski definition) is 1. The summed E-state index contributed by atoms with van der Waals surface area (Å²) in [7, 11) is 0. The van der Waals surface area contributed by atoms with Crippen molar-refractivity contribution in [2.24, 2.45) is 0 Å². The summed E-state index contributed by atoms with van der Waals surface area (Å²) in [6.07, 6.45) is 0. The highest BCUT2D eigenvalue weighted by atomic mass is 79.9. The topological polar surface area (TPSA) is 63.3 Å². The summed E-state index contributed by atoms with van der Waals surface area (Å²) in [5, 5.41) is 12.7. The third-order valence-electron chi connectivity index (χ3n) is 2.98. The second kappa shape index (κ2) is 5.46. The fraction of sp³-hybridized carbons (Fsp3) is 0.0667. The number of thiazole rings is 1. The van der Waals surface area contributed by atoms with Gasteiger partial charge in [-0.05, 0) is 22.9 Å². The highest BCUT2D eigenvalue weighted by molar-refractivity contribution is 9.10. The van der Waals surface area contributed by atoms with Crippen LogP contribution in [0.2, 0.25) is 0 Å². The number of rotatable bonds is 2. The van der Waals surface area contributed by atoms with E-state index in [0.29, 0.717) is 15.9 Å². The molecule has 2 aromatic heterocycles. The highest BCUT2D eigenvalue weighted by Gasteiger charge is 2.19. The number of aryl methyl sites for hydroxylation is 1. The first-order valence-corrected chi connectivity index (χ1v) is 7.78. The molecule has 0 atom stereocenters. The van der Waals surface area contributed by atoms with Crippen LogP contribution in [0, 0.1) is 6.92 Å².